The molecular formula is C13H19BrN2O2S. The molecular weight excluding hydrogens is 328 g/mol. The van der Waals surface area contributed by atoms with Crippen molar-refractivity contribution in [1.29, 1.82) is 0 Å². The van der Waals surface area contributed by atoms with E-state index in [1.165, 1.54) is 18.6 Å². The molecule has 0 unspecified atom stereocenters. The van der Waals surface area contributed by atoms with Gasteiger partial charge in [0.25, 0.3) is 5.69 Å². The normalized spacial score (nSPS) is 10.6. The molecule has 19 heavy (non-hydrogen) atoms. The number of thioether (sulfide) groups is 1. The Balaban J connectivity index is 2.35. The van der Waals surface area contributed by atoms with Crippen LogP contribution in [0.5, 0.6) is 0 Å². The fourth-order valence-corrected chi connectivity index (χ4v) is 2.59. The van der Waals surface area contributed by atoms with E-state index >= 15 is 0 Å². The van der Waals surface area contributed by atoms with Crippen LogP contribution in [0.2, 0.25) is 0 Å². The lowest BCUT2D eigenvalue weighted by Gasteiger charge is -2.06. The molecule has 1 N–H and O–H groups in total. The van der Waals surface area contributed by atoms with E-state index in [4.69, 9.17) is 0 Å². The van der Waals surface area contributed by atoms with E-state index in [0.717, 1.165) is 23.0 Å². The second-order valence-corrected chi connectivity index (χ2v) is 6.16. The molecule has 0 spiro atoms. The summed E-state index contributed by atoms with van der Waals surface area (Å²) in [5, 5.41) is 14.2. The van der Waals surface area contributed by atoms with Crippen molar-refractivity contribution in [2.75, 3.05) is 18.6 Å². The number of nitrogens with zero attached hydrogens (tertiary/aromatic N) is 1. The fourth-order valence-electron chi connectivity index (χ4n) is 1.75. The van der Waals surface area contributed by atoms with Gasteiger partial charge in [0.15, 0.2) is 0 Å². The molecule has 0 aliphatic heterocycles. The maximum absolute atomic E-state index is 10.9. The topological polar surface area (TPSA) is 55.2 Å². The summed E-state index contributed by atoms with van der Waals surface area (Å²) < 4.78 is 0.736. The van der Waals surface area contributed by atoms with E-state index < -0.39 is 0 Å². The molecule has 0 fully saturated rings. The number of nitrogens with one attached hydrogen (secondary N) is 1. The molecule has 6 heteroatoms. The summed E-state index contributed by atoms with van der Waals surface area (Å²) >= 11 is 5.12. The van der Waals surface area contributed by atoms with Gasteiger partial charge in [0.2, 0.25) is 0 Å². The van der Waals surface area contributed by atoms with Crippen LogP contribution in [0.3, 0.4) is 0 Å². The van der Waals surface area contributed by atoms with E-state index in [1.807, 2.05) is 17.8 Å². The van der Waals surface area contributed by atoms with Crippen molar-refractivity contribution in [2.45, 2.75) is 25.8 Å². The average Bonchev–Trinajstić information content (AvgIpc) is 2.39. The second-order valence-electron chi connectivity index (χ2n) is 4.26. The lowest BCUT2D eigenvalue weighted by Crippen LogP contribution is -2.15. The van der Waals surface area contributed by atoms with E-state index in [-0.39, 0.29) is 10.6 Å². The molecule has 0 saturated carbocycles. The fraction of sp³-hybridized carbons (Fsp3) is 0.538. The Kier molecular flexibility index (Phi) is 8.09. The molecule has 0 aromatic heterocycles. The summed E-state index contributed by atoms with van der Waals surface area (Å²) in [5.41, 5.74) is 0.904. The lowest BCUT2D eigenvalue weighted by molar-refractivity contribution is -0.385. The third-order valence-corrected chi connectivity index (χ3v) is 3.95. The Morgan fingerprint density at radius 3 is 2.84 bits per heavy atom. The molecule has 0 heterocycles. The molecule has 0 aliphatic rings. The highest BCUT2D eigenvalue weighted by atomic mass is 79.9. The summed E-state index contributed by atoms with van der Waals surface area (Å²) in [6.45, 7) is 1.45. The minimum Gasteiger partial charge on any atom is -0.312 e. The standard InChI is InChI=1S/C13H19BrN2O2S/c1-19-8-4-2-3-7-15-10-11-5-6-12(14)9-13(11)16(17)18/h5-6,9,15H,2-4,7-8,10H2,1H3. The first-order chi connectivity index (χ1) is 9.15. The Morgan fingerprint density at radius 1 is 1.37 bits per heavy atom. The molecule has 1 rings (SSSR count). The van der Waals surface area contributed by atoms with Gasteiger partial charge in [0.1, 0.15) is 0 Å². The van der Waals surface area contributed by atoms with Crippen molar-refractivity contribution < 1.29 is 4.92 Å². The maximum Gasteiger partial charge on any atom is 0.275 e. The number of unbranched alkanes of at least 4 members (excludes halogenated alkanes) is 2. The molecule has 0 aliphatic carbocycles. The Hall–Kier alpha value is -0.590. The number of benzene rings is 1. The first-order valence-corrected chi connectivity index (χ1v) is 8.46. The Morgan fingerprint density at radius 2 is 2.16 bits per heavy atom. The first kappa shape index (κ1) is 16.5. The van der Waals surface area contributed by atoms with Gasteiger partial charge in [-0.3, -0.25) is 10.1 Å². The van der Waals surface area contributed by atoms with Crippen LogP contribution in [0.1, 0.15) is 24.8 Å². The minimum absolute atomic E-state index is 0.171. The third-order valence-electron chi connectivity index (χ3n) is 2.76. The van der Waals surface area contributed by atoms with Gasteiger partial charge in [-0.05, 0) is 43.5 Å². The van der Waals surface area contributed by atoms with Crippen molar-refractivity contribution in [1.82, 2.24) is 5.32 Å². The van der Waals surface area contributed by atoms with Crippen molar-refractivity contribution in [3.63, 3.8) is 0 Å². The third kappa shape index (κ3) is 6.40. The smallest absolute Gasteiger partial charge is 0.275 e. The van der Waals surface area contributed by atoms with Gasteiger partial charge in [0, 0.05) is 22.6 Å². The van der Waals surface area contributed by atoms with E-state index in [0.29, 0.717) is 6.54 Å². The predicted octanol–water partition coefficient (Wildman–Crippen LogP) is 3.98. The van der Waals surface area contributed by atoms with Gasteiger partial charge in [-0.15, -0.1) is 0 Å². The summed E-state index contributed by atoms with van der Waals surface area (Å²) in [6, 6.07) is 5.18. The van der Waals surface area contributed by atoms with Crippen LogP contribution in [0.4, 0.5) is 5.69 Å². The number of hydrogen-bond acceptors (Lipinski definition) is 4. The summed E-state index contributed by atoms with van der Waals surface area (Å²) in [6.07, 6.45) is 5.67. The monoisotopic (exact) mass is 346 g/mol. The zero-order chi connectivity index (χ0) is 14.1. The summed E-state index contributed by atoms with van der Waals surface area (Å²) in [4.78, 5) is 10.6. The summed E-state index contributed by atoms with van der Waals surface area (Å²) in [7, 11) is 0. The van der Waals surface area contributed by atoms with Crippen LogP contribution >= 0.6 is 27.7 Å². The van der Waals surface area contributed by atoms with Crippen molar-refractivity contribution in [2.24, 2.45) is 0 Å². The minimum atomic E-state index is -0.333. The van der Waals surface area contributed by atoms with Gasteiger partial charge in [0.05, 0.1) is 4.92 Å². The molecule has 0 amide bonds. The van der Waals surface area contributed by atoms with Crippen molar-refractivity contribution in [3.8, 4) is 0 Å². The van der Waals surface area contributed by atoms with Crippen LogP contribution in [0, 0.1) is 10.1 Å². The molecule has 0 radical (unpaired) electrons. The Bertz CT molecular complexity index is 416. The molecule has 1 aromatic rings. The van der Waals surface area contributed by atoms with Crippen LogP contribution in [0.25, 0.3) is 0 Å². The molecule has 0 bridgehead atoms. The quantitative estimate of drug-likeness (QED) is 0.417. The zero-order valence-electron chi connectivity index (χ0n) is 11.0. The van der Waals surface area contributed by atoms with Crippen LogP contribution in [-0.4, -0.2) is 23.5 Å². The number of hydrogen-bond donors (Lipinski definition) is 1. The highest BCUT2D eigenvalue weighted by molar-refractivity contribution is 9.10. The van der Waals surface area contributed by atoms with Gasteiger partial charge in [-0.2, -0.15) is 11.8 Å². The van der Waals surface area contributed by atoms with E-state index in [2.05, 4.69) is 27.5 Å². The van der Waals surface area contributed by atoms with Gasteiger partial charge >= 0.3 is 0 Å². The first-order valence-electron chi connectivity index (χ1n) is 6.27. The highest BCUT2D eigenvalue weighted by Gasteiger charge is 2.13. The van der Waals surface area contributed by atoms with Crippen LogP contribution in [0.15, 0.2) is 22.7 Å². The lowest BCUT2D eigenvalue weighted by atomic mass is 10.2. The van der Waals surface area contributed by atoms with Crippen LogP contribution in [-0.2, 0) is 6.54 Å². The number of nitro groups is 1. The zero-order valence-corrected chi connectivity index (χ0v) is 13.4. The van der Waals surface area contributed by atoms with Crippen LogP contribution < -0.4 is 5.32 Å². The highest BCUT2D eigenvalue weighted by Crippen LogP contribution is 2.23. The number of halogens is 1. The van der Waals surface area contributed by atoms with E-state index in [1.54, 1.807) is 12.1 Å². The molecule has 0 atom stereocenters. The molecule has 0 saturated heterocycles. The Labute approximate surface area is 126 Å². The number of nitro benzene ring substituents is 1. The largest absolute Gasteiger partial charge is 0.312 e. The van der Waals surface area contributed by atoms with Gasteiger partial charge in [-0.1, -0.05) is 22.4 Å². The van der Waals surface area contributed by atoms with Crippen molar-refractivity contribution in [3.05, 3.63) is 38.3 Å². The molecule has 4 nitrogen and oxygen atoms in total. The SMILES string of the molecule is CSCCCCCNCc1ccc(Br)cc1[N+](=O)[O-]. The predicted molar refractivity (Wildman–Crippen MR) is 84.7 cm³/mol. The second kappa shape index (κ2) is 9.34. The number of rotatable bonds is 9. The van der Waals surface area contributed by atoms with Gasteiger partial charge in [-0.25, -0.2) is 0 Å². The van der Waals surface area contributed by atoms with E-state index in [9.17, 15) is 10.1 Å². The maximum atomic E-state index is 10.9. The van der Waals surface area contributed by atoms with Crippen molar-refractivity contribution >= 4 is 33.4 Å². The summed E-state index contributed by atoms with van der Waals surface area (Å²) in [5.74, 6) is 1.21. The molecule has 106 valence electrons. The van der Waals surface area contributed by atoms with Gasteiger partial charge < -0.3 is 5.32 Å². The molecule has 1 aromatic carbocycles. The average molecular weight is 347 g/mol.